The molecule has 152 valence electrons. The van der Waals surface area contributed by atoms with Crippen molar-refractivity contribution in [1.82, 2.24) is 14.8 Å². The Balaban J connectivity index is 1.28. The topological polar surface area (TPSA) is 66.7 Å². The molecule has 1 aromatic rings. The molecule has 3 aliphatic rings. The molecule has 2 fully saturated rings. The summed E-state index contributed by atoms with van der Waals surface area (Å²) in [5.74, 6) is 2.46. The van der Waals surface area contributed by atoms with Gasteiger partial charge < -0.3 is 14.2 Å². The van der Waals surface area contributed by atoms with Crippen LogP contribution in [0.5, 0.6) is 0 Å². The van der Waals surface area contributed by atoms with E-state index in [2.05, 4.69) is 22.0 Å². The highest BCUT2D eigenvalue weighted by Gasteiger charge is 2.33. The van der Waals surface area contributed by atoms with Gasteiger partial charge in [0.2, 0.25) is 5.91 Å². The second-order valence-electron chi connectivity index (χ2n) is 8.54. The van der Waals surface area contributed by atoms with Crippen molar-refractivity contribution in [2.45, 2.75) is 51.9 Å². The lowest BCUT2D eigenvalue weighted by atomic mass is 9.80. The summed E-state index contributed by atoms with van der Waals surface area (Å²) >= 11 is 0. The molecule has 0 radical (unpaired) electrons. The number of amides is 2. The first kappa shape index (κ1) is 19.2. The van der Waals surface area contributed by atoms with E-state index in [1.54, 1.807) is 6.92 Å². The zero-order valence-corrected chi connectivity index (χ0v) is 16.8. The Hall–Kier alpha value is -2.11. The molecular formula is C22H31N3O3. The molecule has 2 amide bonds. The maximum absolute atomic E-state index is 12.7. The minimum atomic E-state index is -0.00232. The fourth-order valence-electron chi connectivity index (χ4n) is 5.13. The molecule has 1 atom stereocenters. The zero-order chi connectivity index (χ0) is 19.5. The Kier molecular flexibility index (Phi) is 5.83. The molecule has 6 nitrogen and oxygen atoms in total. The molecule has 1 aliphatic carbocycles. The normalized spacial score (nSPS) is 24.5. The molecule has 1 aromatic heterocycles. The van der Waals surface area contributed by atoms with E-state index >= 15 is 0 Å². The third-order valence-corrected chi connectivity index (χ3v) is 6.88. The molecule has 2 aliphatic heterocycles. The highest BCUT2D eigenvalue weighted by molar-refractivity contribution is 5.93. The lowest BCUT2D eigenvalue weighted by molar-refractivity contribution is -0.136. The number of hydrogen-bond acceptors (Lipinski definition) is 4. The SMILES string of the molecule is Cc1ocnc1C(=O)N1CCCC(C2CCN(C(=O)C3CC=CC3)CC2)CC1. The van der Waals surface area contributed by atoms with Crippen LogP contribution in [0.2, 0.25) is 0 Å². The fraction of sp³-hybridized carbons (Fsp3) is 0.682. The number of hydrogen-bond donors (Lipinski definition) is 0. The quantitative estimate of drug-likeness (QED) is 0.748. The van der Waals surface area contributed by atoms with Crippen LogP contribution >= 0.6 is 0 Å². The molecule has 0 bridgehead atoms. The van der Waals surface area contributed by atoms with Crippen molar-refractivity contribution in [3.05, 3.63) is 30.0 Å². The predicted molar refractivity (Wildman–Crippen MR) is 106 cm³/mol. The van der Waals surface area contributed by atoms with Crippen molar-refractivity contribution in [2.24, 2.45) is 17.8 Å². The van der Waals surface area contributed by atoms with Gasteiger partial charge in [-0.15, -0.1) is 0 Å². The van der Waals surface area contributed by atoms with Gasteiger partial charge in [0.1, 0.15) is 5.76 Å². The molecule has 0 aromatic carbocycles. The fourth-order valence-corrected chi connectivity index (χ4v) is 5.13. The van der Waals surface area contributed by atoms with Gasteiger partial charge in [0.25, 0.3) is 5.91 Å². The van der Waals surface area contributed by atoms with Crippen LogP contribution in [0.3, 0.4) is 0 Å². The van der Waals surface area contributed by atoms with Crippen LogP contribution in [0.25, 0.3) is 0 Å². The van der Waals surface area contributed by atoms with Crippen LogP contribution in [0, 0.1) is 24.7 Å². The van der Waals surface area contributed by atoms with Crippen molar-refractivity contribution >= 4 is 11.8 Å². The number of allylic oxidation sites excluding steroid dienone is 2. The highest BCUT2D eigenvalue weighted by atomic mass is 16.3. The van der Waals surface area contributed by atoms with E-state index in [1.807, 2.05) is 4.90 Å². The smallest absolute Gasteiger partial charge is 0.276 e. The number of oxazole rings is 1. The number of piperidine rings is 1. The molecule has 28 heavy (non-hydrogen) atoms. The monoisotopic (exact) mass is 385 g/mol. The molecule has 0 saturated carbocycles. The van der Waals surface area contributed by atoms with Gasteiger partial charge in [0, 0.05) is 32.1 Å². The van der Waals surface area contributed by atoms with Gasteiger partial charge in [0.15, 0.2) is 12.1 Å². The minimum Gasteiger partial charge on any atom is -0.448 e. The van der Waals surface area contributed by atoms with E-state index in [-0.39, 0.29) is 11.8 Å². The van der Waals surface area contributed by atoms with E-state index < -0.39 is 0 Å². The third kappa shape index (κ3) is 4.01. The Morgan fingerprint density at radius 1 is 0.964 bits per heavy atom. The molecular weight excluding hydrogens is 354 g/mol. The van der Waals surface area contributed by atoms with E-state index in [9.17, 15) is 9.59 Å². The number of likely N-dealkylation sites (tertiary alicyclic amines) is 2. The summed E-state index contributed by atoms with van der Waals surface area (Å²) in [6.07, 6.45) is 12.9. The first-order valence-corrected chi connectivity index (χ1v) is 10.8. The molecule has 3 heterocycles. The number of aromatic nitrogens is 1. The molecule has 4 rings (SSSR count). The Morgan fingerprint density at radius 3 is 2.25 bits per heavy atom. The summed E-state index contributed by atoms with van der Waals surface area (Å²) in [6.45, 7) is 5.18. The number of aryl methyl sites for hydroxylation is 1. The lowest BCUT2D eigenvalue weighted by Gasteiger charge is -2.37. The standard InChI is InChI=1S/C22H31N3O3/c1-16-20(23-15-28-16)22(27)24-11-4-7-17(8-12-24)18-9-13-25(14-10-18)21(26)19-5-2-3-6-19/h2-3,15,17-19H,4-14H2,1H3. The van der Waals surface area contributed by atoms with Gasteiger partial charge in [-0.3, -0.25) is 9.59 Å². The summed E-state index contributed by atoms with van der Waals surface area (Å²) in [7, 11) is 0. The van der Waals surface area contributed by atoms with E-state index in [1.165, 1.54) is 12.8 Å². The number of rotatable bonds is 3. The van der Waals surface area contributed by atoms with Gasteiger partial charge in [-0.1, -0.05) is 12.2 Å². The summed E-state index contributed by atoms with van der Waals surface area (Å²) in [5, 5.41) is 0. The Bertz CT molecular complexity index is 725. The van der Waals surface area contributed by atoms with Crippen molar-refractivity contribution in [3.8, 4) is 0 Å². The average Bonchev–Trinajstić information content (AvgIpc) is 3.34. The first-order chi connectivity index (χ1) is 13.6. The molecule has 1 unspecified atom stereocenters. The van der Waals surface area contributed by atoms with E-state index in [0.29, 0.717) is 29.2 Å². The minimum absolute atomic E-state index is 0.00232. The van der Waals surface area contributed by atoms with Gasteiger partial charge >= 0.3 is 0 Å². The van der Waals surface area contributed by atoms with Gasteiger partial charge in [-0.05, 0) is 63.7 Å². The van der Waals surface area contributed by atoms with Crippen LogP contribution in [0.15, 0.2) is 23.0 Å². The average molecular weight is 386 g/mol. The summed E-state index contributed by atoms with van der Waals surface area (Å²) in [6, 6.07) is 0. The van der Waals surface area contributed by atoms with Crippen molar-refractivity contribution in [3.63, 3.8) is 0 Å². The Morgan fingerprint density at radius 2 is 1.61 bits per heavy atom. The van der Waals surface area contributed by atoms with Gasteiger partial charge in [-0.2, -0.15) is 0 Å². The second-order valence-corrected chi connectivity index (χ2v) is 8.54. The van der Waals surface area contributed by atoms with Crippen LogP contribution in [0.1, 0.15) is 61.2 Å². The van der Waals surface area contributed by atoms with Crippen LogP contribution < -0.4 is 0 Å². The second kappa shape index (κ2) is 8.50. The maximum Gasteiger partial charge on any atom is 0.276 e. The molecule has 0 N–H and O–H groups in total. The van der Waals surface area contributed by atoms with Crippen LogP contribution in [0.4, 0.5) is 0 Å². The largest absolute Gasteiger partial charge is 0.448 e. The first-order valence-electron chi connectivity index (χ1n) is 10.8. The zero-order valence-electron chi connectivity index (χ0n) is 16.8. The maximum atomic E-state index is 12.7. The van der Waals surface area contributed by atoms with Crippen LogP contribution in [-0.2, 0) is 4.79 Å². The molecule has 2 saturated heterocycles. The highest BCUT2D eigenvalue weighted by Crippen LogP contribution is 2.34. The summed E-state index contributed by atoms with van der Waals surface area (Å²) in [5.41, 5.74) is 0.451. The lowest BCUT2D eigenvalue weighted by Crippen LogP contribution is -2.42. The predicted octanol–water partition coefficient (Wildman–Crippen LogP) is 3.43. The number of nitrogens with zero attached hydrogens (tertiary/aromatic N) is 3. The van der Waals surface area contributed by atoms with Crippen molar-refractivity contribution < 1.29 is 14.0 Å². The molecule has 6 heteroatoms. The van der Waals surface area contributed by atoms with Gasteiger partial charge in [-0.25, -0.2) is 4.98 Å². The van der Waals surface area contributed by atoms with E-state index in [0.717, 1.165) is 64.7 Å². The third-order valence-electron chi connectivity index (χ3n) is 6.88. The van der Waals surface area contributed by atoms with Gasteiger partial charge in [0.05, 0.1) is 0 Å². The van der Waals surface area contributed by atoms with Crippen molar-refractivity contribution in [1.29, 1.82) is 0 Å². The van der Waals surface area contributed by atoms with Crippen molar-refractivity contribution in [2.75, 3.05) is 26.2 Å². The Labute approximate surface area is 167 Å². The van der Waals surface area contributed by atoms with Crippen LogP contribution in [-0.4, -0.2) is 52.8 Å². The molecule has 0 spiro atoms. The van der Waals surface area contributed by atoms with E-state index in [4.69, 9.17) is 4.42 Å². The number of carbonyl (C=O) groups excluding carboxylic acids is 2. The number of carbonyl (C=O) groups is 2. The summed E-state index contributed by atoms with van der Waals surface area (Å²) < 4.78 is 5.20. The summed E-state index contributed by atoms with van der Waals surface area (Å²) in [4.78, 5) is 33.5.